The molecular formula is C14H22N2O4. The van der Waals surface area contributed by atoms with E-state index in [2.05, 4.69) is 5.32 Å². The van der Waals surface area contributed by atoms with Crippen molar-refractivity contribution in [2.45, 2.75) is 63.5 Å². The van der Waals surface area contributed by atoms with Crippen LogP contribution >= 0.6 is 0 Å². The van der Waals surface area contributed by atoms with Gasteiger partial charge in [0.05, 0.1) is 12.6 Å². The molecule has 6 nitrogen and oxygen atoms in total. The van der Waals surface area contributed by atoms with Gasteiger partial charge in [0.1, 0.15) is 0 Å². The fraction of sp³-hybridized carbons (Fsp3) is 0.786. The monoisotopic (exact) mass is 282 g/mol. The molecule has 1 aliphatic carbocycles. The van der Waals surface area contributed by atoms with E-state index in [1.165, 1.54) is 0 Å². The predicted octanol–water partition coefficient (Wildman–Crippen LogP) is 0.901. The first-order valence-electron chi connectivity index (χ1n) is 7.38. The molecule has 2 rings (SSSR count). The van der Waals surface area contributed by atoms with Gasteiger partial charge in [-0.3, -0.25) is 14.4 Å². The number of rotatable bonds is 5. The van der Waals surface area contributed by atoms with Crippen LogP contribution in [-0.4, -0.2) is 46.4 Å². The number of amides is 2. The van der Waals surface area contributed by atoms with Gasteiger partial charge in [0, 0.05) is 18.9 Å². The van der Waals surface area contributed by atoms with Crippen molar-refractivity contribution >= 4 is 17.8 Å². The highest BCUT2D eigenvalue weighted by molar-refractivity contribution is 5.86. The molecular weight excluding hydrogens is 260 g/mol. The first-order valence-corrected chi connectivity index (χ1v) is 7.38. The van der Waals surface area contributed by atoms with E-state index in [4.69, 9.17) is 5.11 Å². The molecule has 2 fully saturated rings. The SMILES string of the molecule is O=C(O)CCCCC(=O)N1CC(=O)NC2CCCCC21. The van der Waals surface area contributed by atoms with E-state index in [1.807, 2.05) is 0 Å². The van der Waals surface area contributed by atoms with Crippen LogP contribution < -0.4 is 5.32 Å². The van der Waals surface area contributed by atoms with Gasteiger partial charge in [-0.25, -0.2) is 0 Å². The zero-order valence-corrected chi connectivity index (χ0v) is 11.6. The topological polar surface area (TPSA) is 86.7 Å². The molecule has 1 aliphatic heterocycles. The Morgan fingerprint density at radius 1 is 1.20 bits per heavy atom. The molecule has 2 N–H and O–H groups in total. The van der Waals surface area contributed by atoms with Gasteiger partial charge in [-0.05, 0) is 25.7 Å². The standard InChI is InChI=1S/C14H22N2O4/c17-12-9-16(11-6-2-1-5-10(11)15-12)13(18)7-3-4-8-14(19)20/h10-11H,1-9H2,(H,15,17)(H,19,20). The summed E-state index contributed by atoms with van der Waals surface area (Å²) in [5.74, 6) is -0.920. The zero-order valence-electron chi connectivity index (χ0n) is 11.6. The van der Waals surface area contributed by atoms with Crippen LogP contribution in [0.2, 0.25) is 0 Å². The van der Waals surface area contributed by atoms with Crippen LogP contribution in [0.15, 0.2) is 0 Å². The minimum Gasteiger partial charge on any atom is -0.481 e. The highest BCUT2D eigenvalue weighted by atomic mass is 16.4. The molecule has 0 bridgehead atoms. The molecule has 1 saturated carbocycles. The highest BCUT2D eigenvalue weighted by Crippen LogP contribution is 2.26. The first kappa shape index (κ1) is 14.8. The average molecular weight is 282 g/mol. The van der Waals surface area contributed by atoms with E-state index in [0.29, 0.717) is 19.3 Å². The number of aliphatic carboxylic acids is 1. The quantitative estimate of drug-likeness (QED) is 0.733. The Labute approximate surface area is 118 Å². The first-order chi connectivity index (χ1) is 9.58. The molecule has 2 amide bonds. The maximum Gasteiger partial charge on any atom is 0.303 e. The van der Waals surface area contributed by atoms with E-state index < -0.39 is 5.97 Å². The fourth-order valence-electron chi connectivity index (χ4n) is 3.15. The van der Waals surface area contributed by atoms with Gasteiger partial charge in [0.2, 0.25) is 11.8 Å². The Hall–Kier alpha value is -1.59. The third-order valence-corrected chi connectivity index (χ3v) is 4.14. The number of hydrogen-bond acceptors (Lipinski definition) is 3. The third-order valence-electron chi connectivity index (χ3n) is 4.14. The summed E-state index contributed by atoms with van der Waals surface area (Å²) >= 11 is 0. The molecule has 2 aliphatic rings. The molecule has 20 heavy (non-hydrogen) atoms. The van der Waals surface area contributed by atoms with E-state index >= 15 is 0 Å². The van der Waals surface area contributed by atoms with Crippen molar-refractivity contribution in [3.05, 3.63) is 0 Å². The second-order valence-electron chi connectivity index (χ2n) is 5.65. The lowest BCUT2D eigenvalue weighted by molar-refractivity contribution is -0.144. The van der Waals surface area contributed by atoms with Gasteiger partial charge < -0.3 is 15.3 Å². The second kappa shape index (κ2) is 6.72. The number of piperazine rings is 1. The number of carboxylic acids is 1. The van der Waals surface area contributed by atoms with Crippen molar-refractivity contribution in [1.29, 1.82) is 0 Å². The summed E-state index contributed by atoms with van der Waals surface area (Å²) in [5, 5.41) is 11.5. The van der Waals surface area contributed by atoms with Gasteiger partial charge >= 0.3 is 5.97 Å². The van der Waals surface area contributed by atoms with E-state index in [1.54, 1.807) is 4.90 Å². The minimum absolute atomic E-state index is 0.0119. The van der Waals surface area contributed by atoms with Crippen LogP contribution in [0, 0.1) is 0 Å². The molecule has 1 saturated heterocycles. The van der Waals surface area contributed by atoms with Gasteiger partial charge in [-0.1, -0.05) is 12.8 Å². The average Bonchev–Trinajstić information content (AvgIpc) is 2.42. The summed E-state index contributed by atoms with van der Waals surface area (Å²) in [6.45, 7) is 0.152. The minimum atomic E-state index is -0.831. The van der Waals surface area contributed by atoms with Crippen LogP contribution in [0.4, 0.5) is 0 Å². The van der Waals surface area contributed by atoms with Crippen molar-refractivity contribution < 1.29 is 19.5 Å². The lowest BCUT2D eigenvalue weighted by atomic mass is 9.87. The molecule has 1 heterocycles. The summed E-state index contributed by atoms with van der Waals surface area (Å²) in [4.78, 5) is 36.1. The molecule has 2 atom stereocenters. The van der Waals surface area contributed by atoms with Crippen LogP contribution in [-0.2, 0) is 14.4 Å². The Morgan fingerprint density at radius 3 is 2.65 bits per heavy atom. The van der Waals surface area contributed by atoms with Crippen LogP contribution in [0.5, 0.6) is 0 Å². The summed E-state index contributed by atoms with van der Waals surface area (Å²) < 4.78 is 0. The predicted molar refractivity (Wildman–Crippen MR) is 72.0 cm³/mol. The second-order valence-corrected chi connectivity index (χ2v) is 5.65. The lowest BCUT2D eigenvalue weighted by Gasteiger charge is -2.44. The smallest absolute Gasteiger partial charge is 0.303 e. The zero-order chi connectivity index (χ0) is 14.5. The number of carboxylic acid groups (broad SMARTS) is 1. The molecule has 112 valence electrons. The summed E-state index contributed by atoms with van der Waals surface area (Å²) in [7, 11) is 0. The van der Waals surface area contributed by atoms with Crippen LogP contribution in [0.25, 0.3) is 0 Å². The largest absolute Gasteiger partial charge is 0.481 e. The molecule has 0 aromatic carbocycles. The number of carbonyl (C=O) groups excluding carboxylic acids is 2. The normalized spacial score (nSPS) is 25.8. The molecule has 6 heteroatoms. The lowest BCUT2D eigenvalue weighted by Crippen LogP contribution is -2.62. The number of carbonyl (C=O) groups is 3. The van der Waals surface area contributed by atoms with Crippen LogP contribution in [0.3, 0.4) is 0 Å². The number of unbranched alkanes of at least 4 members (excludes halogenated alkanes) is 1. The fourth-order valence-corrected chi connectivity index (χ4v) is 3.15. The van der Waals surface area contributed by atoms with Crippen molar-refractivity contribution in [3.8, 4) is 0 Å². The Bertz CT molecular complexity index is 397. The van der Waals surface area contributed by atoms with Crippen molar-refractivity contribution in [1.82, 2.24) is 10.2 Å². The summed E-state index contributed by atoms with van der Waals surface area (Å²) in [6, 6.07) is 0.237. The molecule has 2 unspecified atom stereocenters. The van der Waals surface area contributed by atoms with Gasteiger partial charge in [-0.15, -0.1) is 0 Å². The van der Waals surface area contributed by atoms with Crippen molar-refractivity contribution in [2.24, 2.45) is 0 Å². The summed E-state index contributed by atoms with van der Waals surface area (Å²) in [5.41, 5.74) is 0. The van der Waals surface area contributed by atoms with Gasteiger partial charge in [0.15, 0.2) is 0 Å². The van der Waals surface area contributed by atoms with Crippen LogP contribution in [0.1, 0.15) is 51.4 Å². The van der Waals surface area contributed by atoms with Crippen molar-refractivity contribution in [3.63, 3.8) is 0 Å². The van der Waals surface area contributed by atoms with E-state index in [0.717, 1.165) is 25.7 Å². The van der Waals surface area contributed by atoms with Gasteiger partial charge in [0.25, 0.3) is 0 Å². The van der Waals surface area contributed by atoms with Crippen molar-refractivity contribution in [2.75, 3.05) is 6.54 Å². The highest BCUT2D eigenvalue weighted by Gasteiger charge is 2.38. The number of fused-ring (bicyclic) bond motifs is 1. The maximum absolute atomic E-state index is 12.2. The number of nitrogens with zero attached hydrogens (tertiary/aromatic N) is 1. The summed E-state index contributed by atoms with van der Waals surface area (Å²) in [6.07, 6.45) is 5.60. The Kier molecular flexibility index (Phi) is 4.98. The molecule has 0 spiro atoms. The van der Waals surface area contributed by atoms with Gasteiger partial charge in [-0.2, -0.15) is 0 Å². The number of nitrogens with one attached hydrogen (secondary N) is 1. The molecule has 0 radical (unpaired) electrons. The molecule has 0 aromatic rings. The maximum atomic E-state index is 12.2. The van der Waals surface area contributed by atoms with E-state index in [-0.39, 0.29) is 36.9 Å². The number of hydrogen-bond donors (Lipinski definition) is 2. The van der Waals surface area contributed by atoms with E-state index in [9.17, 15) is 14.4 Å². The Balaban J connectivity index is 1.86. The Morgan fingerprint density at radius 2 is 1.90 bits per heavy atom. The molecule has 0 aromatic heterocycles. The third kappa shape index (κ3) is 3.71.